The third kappa shape index (κ3) is 6.43. The van der Waals surface area contributed by atoms with Gasteiger partial charge in [0.1, 0.15) is 11.6 Å². The van der Waals surface area contributed by atoms with E-state index in [0.717, 1.165) is 75.0 Å². The van der Waals surface area contributed by atoms with Crippen LogP contribution in [-0.4, -0.2) is 71.0 Å². The van der Waals surface area contributed by atoms with Crippen molar-refractivity contribution >= 4 is 52.4 Å². The summed E-state index contributed by atoms with van der Waals surface area (Å²) in [5.41, 5.74) is 1.21. The van der Waals surface area contributed by atoms with Gasteiger partial charge in [0.2, 0.25) is 5.13 Å². The van der Waals surface area contributed by atoms with E-state index in [2.05, 4.69) is 60.3 Å². The number of aliphatic imine (C=N–C) groups is 1. The second-order valence-corrected chi connectivity index (χ2v) is 8.79. The Morgan fingerprint density at radius 3 is 2.53 bits per heavy atom. The van der Waals surface area contributed by atoms with Crippen molar-refractivity contribution in [2.24, 2.45) is 4.99 Å². The van der Waals surface area contributed by atoms with Crippen LogP contribution in [-0.2, 0) is 13.0 Å². The average Bonchev–Trinajstić information content (AvgIpc) is 3.32. The van der Waals surface area contributed by atoms with E-state index in [-0.39, 0.29) is 24.0 Å². The van der Waals surface area contributed by atoms with Gasteiger partial charge in [0, 0.05) is 70.0 Å². The van der Waals surface area contributed by atoms with Crippen molar-refractivity contribution in [3.05, 3.63) is 29.7 Å². The Kier molecular flexibility index (Phi) is 9.76. The van der Waals surface area contributed by atoms with Crippen molar-refractivity contribution in [2.75, 3.05) is 55.6 Å². The van der Waals surface area contributed by atoms with Crippen molar-refractivity contribution in [2.45, 2.75) is 46.1 Å². The van der Waals surface area contributed by atoms with Crippen molar-refractivity contribution in [1.82, 2.24) is 24.6 Å². The number of pyridine rings is 1. The molecule has 2 saturated heterocycles. The van der Waals surface area contributed by atoms with Gasteiger partial charge in [-0.2, -0.15) is 4.37 Å². The lowest BCUT2D eigenvalue weighted by molar-refractivity contribution is 0.372. The highest BCUT2D eigenvalue weighted by molar-refractivity contribution is 14.0. The molecule has 0 spiro atoms. The molecule has 0 unspecified atom stereocenters. The van der Waals surface area contributed by atoms with Crippen LogP contribution in [0.2, 0.25) is 0 Å². The van der Waals surface area contributed by atoms with Gasteiger partial charge in [0.25, 0.3) is 0 Å². The smallest absolute Gasteiger partial charge is 0.205 e. The van der Waals surface area contributed by atoms with Crippen LogP contribution in [0.5, 0.6) is 0 Å². The van der Waals surface area contributed by atoms with Crippen molar-refractivity contribution < 1.29 is 0 Å². The first kappa shape index (κ1) is 24.9. The minimum Gasteiger partial charge on any atom is -0.357 e. The van der Waals surface area contributed by atoms with E-state index in [0.29, 0.717) is 6.54 Å². The molecule has 2 fully saturated rings. The van der Waals surface area contributed by atoms with Gasteiger partial charge in [-0.15, -0.1) is 24.0 Å². The third-order valence-electron chi connectivity index (χ3n) is 5.86. The van der Waals surface area contributed by atoms with Crippen LogP contribution in [0, 0.1) is 0 Å². The van der Waals surface area contributed by atoms with Gasteiger partial charge in [-0.05, 0) is 43.9 Å². The highest BCUT2D eigenvalue weighted by atomic mass is 127. The summed E-state index contributed by atoms with van der Waals surface area (Å²) in [5, 5.41) is 4.52. The van der Waals surface area contributed by atoms with E-state index in [1.807, 2.05) is 6.20 Å². The number of rotatable bonds is 6. The minimum absolute atomic E-state index is 0. The molecule has 32 heavy (non-hydrogen) atoms. The largest absolute Gasteiger partial charge is 0.357 e. The van der Waals surface area contributed by atoms with Crippen LogP contribution >= 0.6 is 35.5 Å². The number of anilines is 2. The Bertz CT molecular complexity index is 859. The first-order valence-corrected chi connectivity index (χ1v) is 12.3. The van der Waals surface area contributed by atoms with Crippen LogP contribution in [0.3, 0.4) is 0 Å². The summed E-state index contributed by atoms with van der Waals surface area (Å²) in [4.78, 5) is 21.3. The van der Waals surface area contributed by atoms with Crippen LogP contribution in [0.15, 0.2) is 23.3 Å². The minimum atomic E-state index is 0. The van der Waals surface area contributed by atoms with Crippen LogP contribution in [0.4, 0.5) is 10.9 Å². The van der Waals surface area contributed by atoms with E-state index in [1.54, 1.807) is 0 Å². The lowest BCUT2D eigenvalue weighted by Crippen LogP contribution is -2.52. The number of halogens is 1. The van der Waals surface area contributed by atoms with E-state index < -0.39 is 0 Å². The molecule has 0 radical (unpaired) electrons. The standard InChI is InChI=1S/C22H34N8S.HI/c1-3-19-26-22(31-27-19)30-14-12-29(13-15-30)21(23-4-2)25-17-18-8-9-24-20(16-18)28-10-6-5-7-11-28;/h8-9,16H,3-7,10-15,17H2,1-2H3,(H,23,25);1H. The number of nitrogens with one attached hydrogen (secondary N) is 1. The molecular weight excluding hydrogens is 535 g/mol. The van der Waals surface area contributed by atoms with Crippen LogP contribution in [0.1, 0.15) is 44.5 Å². The fraction of sp³-hybridized carbons (Fsp3) is 0.636. The number of piperazine rings is 1. The summed E-state index contributed by atoms with van der Waals surface area (Å²) < 4.78 is 4.43. The summed E-state index contributed by atoms with van der Waals surface area (Å²) in [7, 11) is 0. The van der Waals surface area contributed by atoms with E-state index in [9.17, 15) is 0 Å². The molecule has 2 aliphatic heterocycles. The maximum atomic E-state index is 4.95. The molecule has 4 heterocycles. The Balaban J connectivity index is 0.00000289. The summed E-state index contributed by atoms with van der Waals surface area (Å²) in [6.07, 6.45) is 6.67. The maximum absolute atomic E-state index is 4.95. The van der Waals surface area contributed by atoms with E-state index in [4.69, 9.17) is 4.99 Å². The van der Waals surface area contributed by atoms with Crippen LogP contribution < -0.4 is 15.1 Å². The zero-order valence-corrected chi connectivity index (χ0v) is 22.3. The zero-order chi connectivity index (χ0) is 21.5. The first-order chi connectivity index (χ1) is 15.3. The quantitative estimate of drug-likeness (QED) is 0.325. The molecule has 0 amide bonds. The average molecular weight is 571 g/mol. The normalized spacial score (nSPS) is 17.3. The monoisotopic (exact) mass is 570 g/mol. The Labute approximate surface area is 212 Å². The number of aryl methyl sites for hydroxylation is 1. The molecule has 0 aliphatic carbocycles. The lowest BCUT2D eigenvalue weighted by atomic mass is 10.1. The molecule has 2 aromatic heterocycles. The molecule has 2 aliphatic rings. The van der Waals surface area contributed by atoms with Crippen LogP contribution in [0.25, 0.3) is 0 Å². The molecule has 10 heteroatoms. The first-order valence-electron chi connectivity index (χ1n) is 11.6. The molecule has 2 aromatic rings. The zero-order valence-electron chi connectivity index (χ0n) is 19.2. The second kappa shape index (κ2) is 12.5. The molecule has 4 rings (SSSR count). The van der Waals surface area contributed by atoms with Crippen molar-refractivity contribution in [3.63, 3.8) is 0 Å². The number of piperidine rings is 1. The van der Waals surface area contributed by atoms with Gasteiger partial charge in [-0.1, -0.05) is 6.92 Å². The lowest BCUT2D eigenvalue weighted by Gasteiger charge is -2.36. The van der Waals surface area contributed by atoms with Gasteiger partial charge in [0.05, 0.1) is 6.54 Å². The third-order valence-corrected chi connectivity index (χ3v) is 6.67. The number of guanidine groups is 1. The van der Waals surface area contributed by atoms with Crippen molar-refractivity contribution in [3.8, 4) is 0 Å². The van der Waals surface area contributed by atoms with Gasteiger partial charge in [0.15, 0.2) is 5.96 Å². The number of aromatic nitrogens is 3. The summed E-state index contributed by atoms with van der Waals surface area (Å²) >= 11 is 1.51. The molecule has 176 valence electrons. The topological polar surface area (TPSA) is 72.8 Å². The second-order valence-electron chi connectivity index (χ2n) is 8.06. The Morgan fingerprint density at radius 1 is 1.06 bits per heavy atom. The predicted octanol–water partition coefficient (Wildman–Crippen LogP) is 3.39. The molecule has 0 saturated carbocycles. The Morgan fingerprint density at radius 2 is 1.84 bits per heavy atom. The summed E-state index contributed by atoms with van der Waals surface area (Å²) in [5.74, 6) is 3.03. The molecular formula is C22H35IN8S. The molecule has 0 atom stereocenters. The van der Waals surface area contributed by atoms with Gasteiger partial charge in [-0.25, -0.2) is 15.0 Å². The van der Waals surface area contributed by atoms with E-state index >= 15 is 0 Å². The number of hydrogen-bond donors (Lipinski definition) is 1. The van der Waals surface area contributed by atoms with Gasteiger partial charge >= 0.3 is 0 Å². The van der Waals surface area contributed by atoms with Gasteiger partial charge < -0.3 is 20.0 Å². The van der Waals surface area contributed by atoms with E-state index in [1.165, 1.54) is 36.4 Å². The van der Waals surface area contributed by atoms with Crippen molar-refractivity contribution in [1.29, 1.82) is 0 Å². The fourth-order valence-corrected chi connectivity index (χ4v) is 4.87. The fourth-order valence-electron chi connectivity index (χ4n) is 4.07. The number of nitrogens with zero attached hydrogens (tertiary/aromatic N) is 7. The van der Waals surface area contributed by atoms with Gasteiger partial charge in [-0.3, -0.25) is 0 Å². The highest BCUT2D eigenvalue weighted by Crippen LogP contribution is 2.20. The molecule has 0 aromatic carbocycles. The Hall–Kier alpha value is -1.69. The maximum Gasteiger partial charge on any atom is 0.205 e. The molecule has 0 bridgehead atoms. The summed E-state index contributed by atoms with van der Waals surface area (Å²) in [6.45, 7) is 11.7. The molecule has 1 N–H and O–H groups in total. The highest BCUT2D eigenvalue weighted by Gasteiger charge is 2.22. The SMILES string of the molecule is CCNC(=NCc1ccnc(N2CCCCC2)c1)N1CCN(c2nc(CC)ns2)CC1.I. The number of hydrogen-bond acceptors (Lipinski definition) is 7. The summed E-state index contributed by atoms with van der Waals surface area (Å²) in [6, 6.07) is 4.29. The predicted molar refractivity (Wildman–Crippen MR) is 144 cm³/mol. The molecule has 8 nitrogen and oxygen atoms in total.